The third-order valence-electron chi connectivity index (χ3n) is 4.10. The van der Waals surface area contributed by atoms with Crippen molar-refractivity contribution in [3.05, 3.63) is 70.8 Å². The van der Waals surface area contributed by atoms with Crippen molar-refractivity contribution in [1.82, 2.24) is 4.90 Å². The number of rotatable bonds is 5. The molecule has 0 bridgehead atoms. The van der Waals surface area contributed by atoms with Crippen LogP contribution in [-0.2, 0) is 0 Å². The minimum absolute atomic E-state index is 0.127. The van der Waals surface area contributed by atoms with Crippen LogP contribution in [0, 0.1) is 0 Å². The van der Waals surface area contributed by atoms with Gasteiger partial charge in [-0.3, -0.25) is 14.5 Å². The van der Waals surface area contributed by atoms with E-state index in [4.69, 9.17) is 0 Å². The van der Waals surface area contributed by atoms with E-state index in [-0.39, 0.29) is 29.8 Å². The van der Waals surface area contributed by atoms with Gasteiger partial charge in [-0.1, -0.05) is 46.3 Å². The van der Waals surface area contributed by atoms with Crippen LogP contribution in [0.3, 0.4) is 0 Å². The van der Waals surface area contributed by atoms with Crippen molar-refractivity contribution in [2.45, 2.75) is 5.92 Å². The van der Waals surface area contributed by atoms with Crippen LogP contribution in [-0.4, -0.2) is 39.7 Å². The molecule has 0 aliphatic carbocycles. The van der Waals surface area contributed by atoms with Crippen molar-refractivity contribution in [3.8, 4) is 0 Å². The summed E-state index contributed by atoms with van der Waals surface area (Å²) in [5.74, 6) is -2.01. The summed E-state index contributed by atoms with van der Waals surface area (Å²) in [6.07, 6.45) is 0. The van der Waals surface area contributed by atoms with E-state index < -0.39 is 5.97 Å². The maximum atomic E-state index is 12.5. The molecule has 0 saturated carbocycles. The Morgan fingerprint density at radius 3 is 2.08 bits per heavy atom. The van der Waals surface area contributed by atoms with Crippen LogP contribution in [0.25, 0.3) is 0 Å². The van der Waals surface area contributed by atoms with Gasteiger partial charge < -0.3 is 5.11 Å². The van der Waals surface area contributed by atoms with E-state index in [0.717, 1.165) is 0 Å². The van der Waals surface area contributed by atoms with Crippen molar-refractivity contribution < 1.29 is 19.5 Å². The molecule has 5 nitrogen and oxygen atoms in total. The number of alkyl halides is 1. The molecular formula is C18H14BrNO4. The number of benzene rings is 2. The lowest BCUT2D eigenvalue weighted by atomic mass is 9.95. The highest BCUT2D eigenvalue weighted by atomic mass is 79.9. The van der Waals surface area contributed by atoms with Crippen molar-refractivity contribution in [1.29, 1.82) is 0 Å². The largest absolute Gasteiger partial charge is 0.478 e. The first-order valence-electron chi connectivity index (χ1n) is 7.38. The molecule has 0 spiro atoms. The molecule has 6 heteroatoms. The zero-order valence-corrected chi connectivity index (χ0v) is 14.2. The summed E-state index contributed by atoms with van der Waals surface area (Å²) in [5.41, 5.74) is 1.56. The molecule has 24 heavy (non-hydrogen) atoms. The number of amides is 2. The van der Waals surface area contributed by atoms with Crippen molar-refractivity contribution in [2.75, 3.05) is 11.9 Å². The zero-order valence-electron chi connectivity index (χ0n) is 12.6. The standard InChI is InChI=1S/C18H14BrNO4/c19-9-11(12-5-1-4-8-15(12)18(23)24)10-20-16(21)13-6-2-3-7-14(13)17(20)22/h1-8,11H,9-10H2,(H,23,24). The first-order chi connectivity index (χ1) is 11.5. The number of hydrogen-bond donors (Lipinski definition) is 1. The zero-order chi connectivity index (χ0) is 17.3. The first-order valence-corrected chi connectivity index (χ1v) is 8.50. The van der Waals surface area contributed by atoms with Crippen LogP contribution in [0.4, 0.5) is 0 Å². The third-order valence-corrected chi connectivity index (χ3v) is 4.88. The Morgan fingerprint density at radius 1 is 1.00 bits per heavy atom. The molecule has 2 aromatic rings. The van der Waals surface area contributed by atoms with E-state index in [0.29, 0.717) is 22.0 Å². The van der Waals surface area contributed by atoms with Gasteiger partial charge in [-0.25, -0.2) is 4.79 Å². The van der Waals surface area contributed by atoms with Gasteiger partial charge in [0.05, 0.1) is 16.7 Å². The summed E-state index contributed by atoms with van der Waals surface area (Å²) in [4.78, 5) is 37.6. The Bertz CT molecular complexity index is 798. The van der Waals surface area contributed by atoms with Gasteiger partial charge in [0, 0.05) is 17.8 Å². The number of imide groups is 1. The maximum Gasteiger partial charge on any atom is 0.335 e. The highest BCUT2D eigenvalue weighted by Crippen LogP contribution is 2.28. The van der Waals surface area contributed by atoms with Crippen LogP contribution in [0.5, 0.6) is 0 Å². The fourth-order valence-corrected chi connectivity index (χ4v) is 3.46. The molecule has 122 valence electrons. The van der Waals surface area contributed by atoms with Crippen LogP contribution in [0.2, 0.25) is 0 Å². The molecule has 1 heterocycles. The predicted octanol–water partition coefficient (Wildman–Crippen LogP) is 3.16. The number of carbonyl (C=O) groups excluding carboxylic acids is 2. The fraction of sp³-hybridized carbons (Fsp3) is 0.167. The Kier molecular flexibility index (Phi) is 4.49. The molecule has 1 aliphatic rings. The normalized spacial score (nSPS) is 14.6. The SMILES string of the molecule is O=C(O)c1ccccc1C(CBr)CN1C(=O)c2ccccc2C1=O. The van der Waals surface area contributed by atoms with Gasteiger partial charge in [-0.2, -0.15) is 0 Å². The number of carbonyl (C=O) groups is 3. The molecule has 1 N–H and O–H groups in total. The van der Waals surface area contributed by atoms with E-state index in [1.807, 2.05) is 0 Å². The third kappa shape index (κ3) is 2.73. The molecule has 0 fully saturated rings. The number of carboxylic acid groups (broad SMARTS) is 1. The maximum absolute atomic E-state index is 12.5. The number of hydrogen-bond acceptors (Lipinski definition) is 3. The number of fused-ring (bicyclic) bond motifs is 1. The molecule has 2 amide bonds. The summed E-state index contributed by atoms with van der Waals surface area (Å²) in [5, 5.41) is 9.79. The van der Waals surface area contributed by atoms with Gasteiger partial charge in [0.2, 0.25) is 0 Å². The van der Waals surface area contributed by atoms with Gasteiger partial charge in [-0.15, -0.1) is 0 Å². The molecule has 0 saturated heterocycles. The van der Waals surface area contributed by atoms with Gasteiger partial charge in [-0.05, 0) is 23.8 Å². The van der Waals surface area contributed by atoms with E-state index in [9.17, 15) is 19.5 Å². The highest BCUT2D eigenvalue weighted by Gasteiger charge is 2.36. The van der Waals surface area contributed by atoms with Crippen molar-refractivity contribution in [2.24, 2.45) is 0 Å². The van der Waals surface area contributed by atoms with Crippen molar-refractivity contribution >= 4 is 33.7 Å². The van der Waals surface area contributed by atoms with E-state index in [1.54, 1.807) is 42.5 Å². The van der Waals surface area contributed by atoms with Gasteiger partial charge in [0.25, 0.3) is 11.8 Å². The molecule has 1 atom stereocenters. The van der Waals surface area contributed by atoms with Crippen molar-refractivity contribution in [3.63, 3.8) is 0 Å². The quantitative estimate of drug-likeness (QED) is 0.631. The van der Waals surface area contributed by atoms with Crippen LogP contribution in [0.15, 0.2) is 48.5 Å². The average Bonchev–Trinajstić information content (AvgIpc) is 2.84. The Hall–Kier alpha value is -2.47. The lowest BCUT2D eigenvalue weighted by Gasteiger charge is -2.22. The number of carboxylic acids is 1. The molecule has 1 aliphatic heterocycles. The number of nitrogens with zero attached hydrogens (tertiary/aromatic N) is 1. The predicted molar refractivity (Wildman–Crippen MR) is 91.7 cm³/mol. The smallest absolute Gasteiger partial charge is 0.335 e. The second kappa shape index (κ2) is 6.57. The van der Waals surface area contributed by atoms with Crippen LogP contribution >= 0.6 is 15.9 Å². The van der Waals surface area contributed by atoms with E-state index >= 15 is 0 Å². The molecule has 0 radical (unpaired) electrons. The second-order valence-electron chi connectivity index (χ2n) is 5.51. The summed E-state index contributed by atoms with van der Waals surface area (Å²) >= 11 is 3.38. The summed E-state index contributed by atoms with van der Waals surface area (Å²) in [6.45, 7) is 0.127. The second-order valence-corrected chi connectivity index (χ2v) is 6.16. The van der Waals surface area contributed by atoms with Gasteiger partial charge in [0.15, 0.2) is 0 Å². The molecule has 3 rings (SSSR count). The first kappa shape index (κ1) is 16.4. The van der Waals surface area contributed by atoms with Gasteiger partial charge in [0.1, 0.15) is 0 Å². The molecule has 1 unspecified atom stereocenters. The van der Waals surface area contributed by atoms with E-state index in [1.165, 1.54) is 11.0 Å². The number of aromatic carboxylic acids is 1. The van der Waals surface area contributed by atoms with Crippen LogP contribution in [0.1, 0.15) is 42.6 Å². The lowest BCUT2D eigenvalue weighted by molar-refractivity contribution is 0.0647. The van der Waals surface area contributed by atoms with Crippen LogP contribution < -0.4 is 0 Å². The Morgan fingerprint density at radius 2 is 1.54 bits per heavy atom. The monoisotopic (exact) mass is 387 g/mol. The topological polar surface area (TPSA) is 74.7 Å². The Labute approximate surface area is 147 Å². The Balaban J connectivity index is 1.92. The molecule has 0 aromatic heterocycles. The summed E-state index contributed by atoms with van der Waals surface area (Å²) < 4.78 is 0. The minimum Gasteiger partial charge on any atom is -0.478 e. The number of halogens is 1. The average molecular weight is 388 g/mol. The minimum atomic E-state index is -1.03. The fourth-order valence-electron chi connectivity index (χ4n) is 2.90. The summed E-state index contributed by atoms with van der Waals surface area (Å²) in [7, 11) is 0. The lowest BCUT2D eigenvalue weighted by Crippen LogP contribution is -2.34. The summed E-state index contributed by atoms with van der Waals surface area (Å²) in [6, 6.07) is 13.3. The van der Waals surface area contributed by atoms with E-state index in [2.05, 4.69) is 15.9 Å². The van der Waals surface area contributed by atoms with Gasteiger partial charge >= 0.3 is 5.97 Å². The molecular weight excluding hydrogens is 374 g/mol. The highest BCUT2D eigenvalue weighted by molar-refractivity contribution is 9.09. The molecule has 2 aromatic carbocycles.